The second kappa shape index (κ2) is 11.4. The standard InChI is InChI=1S/C19H19ClN2O2.C2HF3O2/c20-16-6-2-3-7-18(16)24-19-9-8-15(14-21-19)17(23)10-13-22-11-4-1-5-12-22;3-2(4,5)1(6)7/h2-3,6-10,13-14H,1,4-5,11-12H2;(H,6,7). The van der Waals surface area contributed by atoms with Crippen molar-refractivity contribution in [3.63, 3.8) is 0 Å². The lowest BCUT2D eigenvalue weighted by molar-refractivity contribution is -0.192. The van der Waals surface area contributed by atoms with Crippen LogP contribution >= 0.6 is 11.6 Å². The molecule has 6 nitrogen and oxygen atoms in total. The van der Waals surface area contributed by atoms with Gasteiger partial charge in [0.05, 0.1) is 5.02 Å². The molecule has 1 saturated heterocycles. The number of benzene rings is 1. The number of piperidine rings is 1. The highest BCUT2D eigenvalue weighted by atomic mass is 35.5. The first-order valence-corrected chi connectivity index (χ1v) is 9.70. The minimum Gasteiger partial charge on any atom is -0.475 e. The number of carbonyl (C=O) groups is 2. The number of aromatic nitrogens is 1. The van der Waals surface area contributed by atoms with Crippen molar-refractivity contribution in [2.75, 3.05) is 13.1 Å². The monoisotopic (exact) mass is 456 g/mol. The number of halogens is 4. The van der Waals surface area contributed by atoms with E-state index in [4.69, 9.17) is 26.2 Å². The van der Waals surface area contributed by atoms with Crippen LogP contribution in [0.4, 0.5) is 13.2 Å². The van der Waals surface area contributed by atoms with E-state index in [0.29, 0.717) is 22.2 Å². The molecule has 31 heavy (non-hydrogen) atoms. The van der Waals surface area contributed by atoms with Gasteiger partial charge in [0, 0.05) is 43.2 Å². The fraction of sp³-hybridized carbons (Fsp3) is 0.286. The highest BCUT2D eigenvalue weighted by molar-refractivity contribution is 6.32. The van der Waals surface area contributed by atoms with E-state index >= 15 is 0 Å². The van der Waals surface area contributed by atoms with Crippen LogP contribution in [0.1, 0.15) is 29.6 Å². The van der Waals surface area contributed by atoms with Gasteiger partial charge in [-0.1, -0.05) is 23.7 Å². The number of likely N-dealkylation sites (tertiary alicyclic amines) is 1. The molecule has 2 aromatic rings. The Labute approximate surface area is 181 Å². The summed E-state index contributed by atoms with van der Waals surface area (Å²) in [6, 6.07) is 10.6. The molecule has 10 heteroatoms. The predicted molar refractivity (Wildman–Crippen MR) is 108 cm³/mol. The van der Waals surface area contributed by atoms with Gasteiger partial charge in [-0.05, 0) is 37.5 Å². The zero-order valence-corrected chi connectivity index (χ0v) is 17.1. The Bertz CT molecular complexity index is 912. The summed E-state index contributed by atoms with van der Waals surface area (Å²) in [5.74, 6) is -1.87. The Morgan fingerprint density at radius 3 is 2.29 bits per heavy atom. The van der Waals surface area contributed by atoms with E-state index in [2.05, 4.69) is 9.88 Å². The summed E-state index contributed by atoms with van der Waals surface area (Å²) < 4.78 is 37.4. The lowest BCUT2D eigenvalue weighted by Crippen LogP contribution is -2.24. The molecule has 1 aromatic heterocycles. The van der Waals surface area contributed by atoms with Gasteiger partial charge in [-0.15, -0.1) is 0 Å². The number of hydrogen-bond acceptors (Lipinski definition) is 5. The van der Waals surface area contributed by atoms with Crippen molar-refractivity contribution >= 4 is 23.4 Å². The van der Waals surface area contributed by atoms with Gasteiger partial charge in [-0.2, -0.15) is 13.2 Å². The molecule has 166 valence electrons. The van der Waals surface area contributed by atoms with E-state index in [1.807, 2.05) is 18.3 Å². The van der Waals surface area contributed by atoms with Crippen LogP contribution in [0.5, 0.6) is 11.6 Å². The zero-order valence-electron chi connectivity index (χ0n) is 16.3. The summed E-state index contributed by atoms with van der Waals surface area (Å²) in [6.07, 6.45) is 3.58. The second-order valence-electron chi connectivity index (χ2n) is 6.50. The van der Waals surface area contributed by atoms with Crippen molar-refractivity contribution in [1.82, 2.24) is 9.88 Å². The second-order valence-corrected chi connectivity index (χ2v) is 6.90. The summed E-state index contributed by atoms with van der Waals surface area (Å²) in [6.45, 7) is 2.04. The van der Waals surface area contributed by atoms with Crippen molar-refractivity contribution in [2.45, 2.75) is 25.4 Å². The molecule has 0 unspecified atom stereocenters. The minimum absolute atomic E-state index is 0.0580. The Morgan fingerprint density at radius 1 is 1.10 bits per heavy atom. The van der Waals surface area contributed by atoms with Crippen LogP contribution < -0.4 is 4.74 Å². The van der Waals surface area contributed by atoms with E-state index < -0.39 is 12.1 Å². The molecule has 0 bridgehead atoms. The molecule has 1 fully saturated rings. The largest absolute Gasteiger partial charge is 0.490 e. The van der Waals surface area contributed by atoms with Crippen LogP contribution in [0, 0.1) is 0 Å². The van der Waals surface area contributed by atoms with Crippen LogP contribution in [-0.4, -0.2) is 46.0 Å². The molecule has 1 aromatic carbocycles. The van der Waals surface area contributed by atoms with Gasteiger partial charge in [-0.3, -0.25) is 4.79 Å². The molecule has 1 N–H and O–H groups in total. The van der Waals surface area contributed by atoms with Gasteiger partial charge in [0.2, 0.25) is 5.88 Å². The van der Waals surface area contributed by atoms with E-state index in [0.717, 1.165) is 13.1 Å². The van der Waals surface area contributed by atoms with E-state index in [1.165, 1.54) is 25.5 Å². The van der Waals surface area contributed by atoms with Crippen molar-refractivity contribution in [2.24, 2.45) is 0 Å². The number of alkyl halides is 3. The smallest absolute Gasteiger partial charge is 0.475 e. The summed E-state index contributed by atoms with van der Waals surface area (Å²) in [7, 11) is 0. The predicted octanol–water partition coefficient (Wildman–Crippen LogP) is 5.34. The number of hydrogen-bond donors (Lipinski definition) is 1. The summed E-state index contributed by atoms with van der Waals surface area (Å²) >= 11 is 6.05. The number of carboxylic acid groups (broad SMARTS) is 1. The number of allylic oxidation sites excluding steroid dienone is 1. The highest BCUT2D eigenvalue weighted by Gasteiger charge is 2.38. The third-order valence-electron chi connectivity index (χ3n) is 4.14. The van der Waals surface area contributed by atoms with Crippen molar-refractivity contribution in [1.29, 1.82) is 0 Å². The zero-order chi connectivity index (χ0) is 22.9. The molecule has 0 aliphatic carbocycles. The SMILES string of the molecule is O=C(C=CN1CCCCC1)c1ccc(Oc2ccccc2Cl)nc1.O=C(O)C(F)(F)F. The molecule has 3 rings (SSSR count). The lowest BCUT2D eigenvalue weighted by atomic mass is 10.1. The Hall–Kier alpha value is -3.07. The number of pyridine rings is 1. The maximum absolute atomic E-state index is 12.2. The fourth-order valence-corrected chi connectivity index (χ4v) is 2.74. The van der Waals surface area contributed by atoms with Gasteiger partial charge in [0.15, 0.2) is 5.78 Å². The van der Waals surface area contributed by atoms with Crippen LogP contribution in [0.3, 0.4) is 0 Å². The number of ketones is 1. The molecule has 0 saturated carbocycles. The van der Waals surface area contributed by atoms with Gasteiger partial charge < -0.3 is 14.7 Å². The van der Waals surface area contributed by atoms with Crippen molar-refractivity contribution in [3.05, 3.63) is 65.5 Å². The summed E-state index contributed by atoms with van der Waals surface area (Å²) in [5, 5.41) is 7.64. The molecule has 0 amide bonds. The Morgan fingerprint density at radius 2 is 1.74 bits per heavy atom. The normalized spacial score (nSPS) is 14.0. The number of ether oxygens (including phenoxy) is 1. The van der Waals surface area contributed by atoms with Gasteiger partial charge in [0.1, 0.15) is 5.75 Å². The molecule has 2 heterocycles. The third-order valence-corrected chi connectivity index (χ3v) is 4.45. The Balaban J connectivity index is 0.000000423. The van der Waals surface area contributed by atoms with E-state index in [-0.39, 0.29) is 5.78 Å². The summed E-state index contributed by atoms with van der Waals surface area (Å²) in [5.41, 5.74) is 0.537. The fourth-order valence-electron chi connectivity index (χ4n) is 2.56. The average Bonchev–Trinajstić information content (AvgIpc) is 2.75. The van der Waals surface area contributed by atoms with E-state index in [1.54, 1.807) is 30.3 Å². The highest BCUT2D eigenvalue weighted by Crippen LogP contribution is 2.27. The molecule has 1 aliphatic rings. The first-order chi connectivity index (χ1) is 14.7. The topological polar surface area (TPSA) is 79.7 Å². The Kier molecular flexibility index (Phi) is 8.87. The minimum atomic E-state index is -5.08. The maximum atomic E-state index is 12.2. The van der Waals surface area contributed by atoms with Gasteiger partial charge in [-0.25, -0.2) is 9.78 Å². The van der Waals surface area contributed by atoms with E-state index in [9.17, 15) is 18.0 Å². The first kappa shape index (κ1) is 24.2. The lowest BCUT2D eigenvalue weighted by Gasteiger charge is -2.24. The molecular weight excluding hydrogens is 437 g/mol. The number of rotatable bonds is 5. The average molecular weight is 457 g/mol. The quantitative estimate of drug-likeness (QED) is 0.483. The molecule has 0 radical (unpaired) electrons. The van der Waals surface area contributed by atoms with Crippen LogP contribution in [-0.2, 0) is 4.79 Å². The number of carbonyl (C=O) groups excluding carboxylic acids is 1. The number of aliphatic carboxylic acids is 1. The number of para-hydroxylation sites is 1. The van der Waals surface area contributed by atoms with Gasteiger partial charge >= 0.3 is 12.1 Å². The summed E-state index contributed by atoms with van der Waals surface area (Å²) in [4.78, 5) is 27.5. The molecule has 0 atom stereocenters. The van der Waals surface area contributed by atoms with Crippen molar-refractivity contribution in [3.8, 4) is 11.6 Å². The maximum Gasteiger partial charge on any atom is 0.490 e. The first-order valence-electron chi connectivity index (χ1n) is 9.32. The van der Waals surface area contributed by atoms with Crippen LogP contribution in [0.2, 0.25) is 5.02 Å². The molecule has 1 aliphatic heterocycles. The van der Waals surface area contributed by atoms with Crippen molar-refractivity contribution < 1.29 is 32.6 Å². The van der Waals surface area contributed by atoms with Gasteiger partial charge in [0.25, 0.3) is 0 Å². The third kappa shape index (κ3) is 8.29. The molecule has 0 spiro atoms. The number of carboxylic acids is 1. The molecular formula is C21H20ClF3N2O4. The van der Waals surface area contributed by atoms with Crippen LogP contribution in [0.15, 0.2) is 54.9 Å². The van der Waals surface area contributed by atoms with Crippen LogP contribution in [0.25, 0.3) is 0 Å². The number of nitrogens with zero attached hydrogens (tertiary/aromatic N) is 2.